The number of aromatic nitrogens is 2. The van der Waals surface area contributed by atoms with E-state index in [1.807, 2.05) is 22.9 Å². The Balaban J connectivity index is 1.29. The Morgan fingerprint density at radius 1 is 1.26 bits per heavy atom. The van der Waals surface area contributed by atoms with Crippen LogP contribution in [0.1, 0.15) is 21.7 Å². The van der Waals surface area contributed by atoms with E-state index in [0.717, 1.165) is 22.4 Å². The van der Waals surface area contributed by atoms with Gasteiger partial charge in [0.15, 0.2) is 0 Å². The summed E-state index contributed by atoms with van der Waals surface area (Å²) in [5.41, 5.74) is 1.54. The van der Waals surface area contributed by atoms with E-state index in [1.165, 1.54) is 17.4 Å². The molecule has 0 unspecified atom stereocenters. The number of sulfonamides is 1. The number of thiophene rings is 1. The molecule has 0 radical (unpaired) electrons. The van der Waals surface area contributed by atoms with Crippen LogP contribution in [0.2, 0.25) is 4.34 Å². The van der Waals surface area contributed by atoms with Crippen LogP contribution >= 0.6 is 22.9 Å². The van der Waals surface area contributed by atoms with Crippen molar-refractivity contribution >= 4 is 44.9 Å². The van der Waals surface area contributed by atoms with Crippen molar-refractivity contribution in [1.29, 1.82) is 0 Å². The minimum absolute atomic E-state index is 0.0444. The Hall–Kier alpha value is -2.46. The average molecular weight is 477 g/mol. The van der Waals surface area contributed by atoms with Gasteiger partial charge in [0.05, 0.1) is 10.7 Å². The predicted octanol–water partition coefficient (Wildman–Crippen LogP) is 3.64. The monoisotopic (exact) mass is 476 g/mol. The Morgan fingerprint density at radius 2 is 2.06 bits per heavy atom. The number of hydrogen-bond donors (Lipinski definition) is 1. The Bertz CT molecular complexity index is 1170. The van der Waals surface area contributed by atoms with Gasteiger partial charge in [-0.15, -0.1) is 11.3 Å². The maximum Gasteiger partial charge on any atom is 0.253 e. The van der Waals surface area contributed by atoms with Crippen LogP contribution in [-0.4, -0.2) is 48.4 Å². The molecule has 10 heteroatoms. The first-order valence-electron chi connectivity index (χ1n) is 9.70. The molecule has 0 spiro atoms. The Kier molecular flexibility index (Phi) is 6.57. The second-order valence-electron chi connectivity index (χ2n) is 7.26. The van der Waals surface area contributed by atoms with Crippen molar-refractivity contribution in [2.45, 2.75) is 6.42 Å². The first kappa shape index (κ1) is 21.8. The minimum Gasteiger partial charge on any atom is -0.338 e. The van der Waals surface area contributed by atoms with Crippen LogP contribution in [0.3, 0.4) is 0 Å². The van der Waals surface area contributed by atoms with Gasteiger partial charge in [-0.3, -0.25) is 4.79 Å². The summed E-state index contributed by atoms with van der Waals surface area (Å²) in [5.74, 6) is 0.0329. The molecule has 0 saturated carbocycles. The standard InChI is InChI=1S/C21H21ClN4O3S2/c22-20-6-5-19(30-20)8-12-31(28,29)24-13-16-7-10-25(14-16)21(27)17-1-3-18(4-2-17)26-11-9-23-15-26/h1-6,8-9,11-12,15-16,24H,7,10,13-14H2/b12-8+/t16-/m1/s1. The molecule has 3 heterocycles. The van der Waals surface area contributed by atoms with Crippen molar-refractivity contribution in [1.82, 2.24) is 19.2 Å². The fourth-order valence-electron chi connectivity index (χ4n) is 3.41. The van der Waals surface area contributed by atoms with Gasteiger partial charge < -0.3 is 9.47 Å². The molecule has 1 N–H and O–H groups in total. The SMILES string of the molecule is O=C(c1ccc(-n2ccnc2)cc1)N1CC[C@H](CNS(=O)(=O)/C=C/c2ccc(Cl)s2)C1. The fourth-order valence-corrected chi connectivity index (χ4v) is 5.35. The molecule has 1 saturated heterocycles. The molecule has 1 aliphatic rings. The second-order valence-corrected chi connectivity index (χ2v) is 10.7. The van der Waals surface area contributed by atoms with E-state index in [-0.39, 0.29) is 11.8 Å². The van der Waals surface area contributed by atoms with Crippen molar-refractivity contribution in [3.05, 3.63) is 75.3 Å². The number of halogens is 1. The molecule has 1 aliphatic heterocycles. The summed E-state index contributed by atoms with van der Waals surface area (Å²) in [7, 11) is -3.55. The van der Waals surface area contributed by atoms with Crippen LogP contribution in [0.5, 0.6) is 0 Å². The first-order valence-corrected chi connectivity index (χ1v) is 12.4. The Morgan fingerprint density at radius 3 is 2.74 bits per heavy atom. The van der Waals surface area contributed by atoms with Gasteiger partial charge in [-0.2, -0.15) is 0 Å². The van der Waals surface area contributed by atoms with Gasteiger partial charge in [0.25, 0.3) is 5.91 Å². The normalized spacial score (nSPS) is 16.9. The van der Waals surface area contributed by atoms with Gasteiger partial charge in [0.1, 0.15) is 0 Å². The highest BCUT2D eigenvalue weighted by atomic mass is 35.5. The number of rotatable bonds is 7. The molecular weight excluding hydrogens is 456 g/mol. The van der Waals surface area contributed by atoms with Crippen molar-refractivity contribution in [3.63, 3.8) is 0 Å². The zero-order chi connectivity index (χ0) is 21.8. The molecular formula is C21H21ClN4O3S2. The maximum absolute atomic E-state index is 12.8. The Labute approximate surface area is 190 Å². The van der Waals surface area contributed by atoms with Crippen molar-refractivity contribution < 1.29 is 13.2 Å². The van der Waals surface area contributed by atoms with E-state index < -0.39 is 10.0 Å². The molecule has 7 nitrogen and oxygen atoms in total. The lowest BCUT2D eigenvalue weighted by atomic mass is 10.1. The molecule has 0 bridgehead atoms. The van der Waals surface area contributed by atoms with E-state index in [4.69, 9.17) is 11.6 Å². The zero-order valence-corrected chi connectivity index (χ0v) is 18.9. The van der Waals surface area contributed by atoms with E-state index in [1.54, 1.807) is 41.7 Å². The summed E-state index contributed by atoms with van der Waals surface area (Å²) in [6, 6.07) is 10.8. The number of likely N-dealkylation sites (tertiary alicyclic amines) is 1. The van der Waals surface area contributed by atoms with Crippen LogP contribution in [0.25, 0.3) is 11.8 Å². The summed E-state index contributed by atoms with van der Waals surface area (Å²) in [5, 5.41) is 1.15. The van der Waals surface area contributed by atoms with E-state index in [9.17, 15) is 13.2 Å². The second kappa shape index (κ2) is 9.35. The molecule has 162 valence electrons. The molecule has 3 aromatic rings. The largest absolute Gasteiger partial charge is 0.338 e. The third-order valence-corrected chi connectivity index (χ3v) is 7.33. The number of nitrogens with one attached hydrogen (secondary N) is 1. The smallest absolute Gasteiger partial charge is 0.253 e. The van der Waals surface area contributed by atoms with Crippen molar-refractivity contribution in [2.24, 2.45) is 5.92 Å². The summed E-state index contributed by atoms with van der Waals surface area (Å²) >= 11 is 7.17. The molecule has 0 aliphatic carbocycles. The highest BCUT2D eigenvalue weighted by molar-refractivity contribution is 7.92. The van der Waals surface area contributed by atoms with E-state index >= 15 is 0 Å². The van der Waals surface area contributed by atoms with Gasteiger partial charge in [-0.25, -0.2) is 18.1 Å². The molecule has 31 heavy (non-hydrogen) atoms. The molecule has 2 aromatic heterocycles. The third-order valence-electron chi connectivity index (χ3n) is 5.07. The van der Waals surface area contributed by atoms with Crippen LogP contribution < -0.4 is 4.72 Å². The number of imidazole rings is 1. The number of nitrogens with zero attached hydrogens (tertiary/aromatic N) is 3. The molecule has 1 atom stereocenters. The van der Waals surface area contributed by atoms with Crippen LogP contribution in [0.15, 0.2) is 60.5 Å². The highest BCUT2D eigenvalue weighted by Crippen LogP contribution is 2.23. The minimum atomic E-state index is -3.55. The lowest BCUT2D eigenvalue weighted by Gasteiger charge is -2.17. The zero-order valence-electron chi connectivity index (χ0n) is 16.5. The van der Waals surface area contributed by atoms with Gasteiger partial charge >= 0.3 is 0 Å². The summed E-state index contributed by atoms with van der Waals surface area (Å²) < 4.78 is 29.5. The van der Waals surface area contributed by atoms with E-state index in [2.05, 4.69) is 9.71 Å². The number of carbonyl (C=O) groups excluding carboxylic acids is 1. The molecule has 1 amide bonds. The number of amides is 1. The van der Waals surface area contributed by atoms with Gasteiger partial charge in [0, 0.05) is 53.6 Å². The maximum atomic E-state index is 12.8. The fraction of sp³-hybridized carbons (Fsp3) is 0.238. The van der Waals surface area contributed by atoms with E-state index in [0.29, 0.717) is 29.5 Å². The lowest BCUT2D eigenvalue weighted by molar-refractivity contribution is 0.0787. The van der Waals surface area contributed by atoms with Gasteiger partial charge in [0.2, 0.25) is 10.0 Å². The number of hydrogen-bond acceptors (Lipinski definition) is 5. The quantitative estimate of drug-likeness (QED) is 0.564. The average Bonchev–Trinajstić information content (AvgIpc) is 3.52. The molecule has 1 fully saturated rings. The topological polar surface area (TPSA) is 84.3 Å². The highest BCUT2D eigenvalue weighted by Gasteiger charge is 2.27. The van der Waals surface area contributed by atoms with Crippen LogP contribution in [0.4, 0.5) is 0 Å². The number of benzene rings is 1. The number of carbonyl (C=O) groups is 1. The lowest BCUT2D eigenvalue weighted by Crippen LogP contribution is -2.32. The first-order chi connectivity index (χ1) is 14.9. The van der Waals surface area contributed by atoms with Crippen molar-refractivity contribution in [3.8, 4) is 5.69 Å². The molecule has 1 aromatic carbocycles. The van der Waals surface area contributed by atoms with Gasteiger partial charge in [-0.05, 0) is 54.8 Å². The van der Waals surface area contributed by atoms with Gasteiger partial charge in [-0.1, -0.05) is 11.6 Å². The van der Waals surface area contributed by atoms with Crippen molar-refractivity contribution in [2.75, 3.05) is 19.6 Å². The third kappa shape index (κ3) is 5.62. The van der Waals surface area contributed by atoms with Crippen LogP contribution in [0, 0.1) is 5.92 Å². The molecule has 4 rings (SSSR count). The summed E-state index contributed by atoms with van der Waals surface area (Å²) in [4.78, 5) is 19.4. The van der Waals surface area contributed by atoms with Crippen LogP contribution in [-0.2, 0) is 10.0 Å². The summed E-state index contributed by atoms with van der Waals surface area (Å²) in [6.45, 7) is 1.42. The summed E-state index contributed by atoms with van der Waals surface area (Å²) in [6.07, 6.45) is 7.52. The predicted molar refractivity (Wildman–Crippen MR) is 123 cm³/mol.